The number of carbonyl (C=O) groups excluding carboxylic acids is 1. The van der Waals surface area contributed by atoms with Crippen molar-refractivity contribution in [2.75, 3.05) is 17.4 Å². The Labute approximate surface area is 170 Å². The van der Waals surface area contributed by atoms with Gasteiger partial charge in [-0.05, 0) is 55.1 Å². The number of hydrogen-bond acceptors (Lipinski definition) is 4. The molecule has 1 N–H and O–H groups in total. The van der Waals surface area contributed by atoms with Crippen molar-refractivity contribution >= 4 is 43.0 Å². The molecule has 7 heteroatoms. The second kappa shape index (κ2) is 8.75. The van der Waals surface area contributed by atoms with Crippen LogP contribution in [0.25, 0.3) is 10.1 Å². The third-order valence-electron chi connectivity index (χ3n) is 4.45. The molecule has 0 bridgehead atoms. The number of benzene rings is 2. The van der Waals surface area contributed by atoms with Crippen LogP contribution >= 0.6 is 11.3 Å². The lowest BCUT2D eigenvalue weighted by Gasteiger charge is -2.23. The molecule has 0 saturated carbocycles. The number of rotatable bonds is 8. The van der Waals surface area contributed by atoms with Gasteiger partial charge in [0.2, 0.25) is 0 Å². The topological polar surface area (TPSA) is 66.5 Å². The van der Waals surface area contributed by atoms with Gasteiger partial charge in [0.25, 0.3) is 15.9 Å². The number of nitrogens with one attached hydrogen (secondary N) is 1. The molecule has 0 aliphatic rings. The van der Waals surface area contributed by atoms with Gasteiger partial charge in [-0.15, -0.1) is 11.3 Å². The average Bonchev–Trinajstić information content (AvgIpc) is 3.13. The quantitative estimate of drug-likeness (QED) is 0.544. The van der Waals surface area contributed by atoms with Crippen molar-refractivity contribution in [1.82, 2.24) is 5.32 Å². The van der Waals surface area contributed by atoms with E-state index in [-0.39, 0.29) is 10.8 Å². The van der Waals surface area contributed by atoms with Crippen molar-refractivity contribution in [2.24, 2.45) is 0 Å². The number of sulfonamides is 1. The minimum absolute atomic E-state index is 0.0829. The molecule has 0 atom stereocenters. The standard InChI is InChI=1S/C21H24N2O3S2/c1-3-5-13-22-21(24)20-15-16-14-17(11-12-19(16)27-20)23(4-2)28(25,26)18-9-7-6-8-10-18/h6-12,14-15H,3-5,13H2,1-2H3,(H,22,24). The van der Waals surface area contributed by atoms with Crippen molar-refractivity contribution in [3.63, 3.8) is 0 Å². The minimum Gasteiger partial charge on any atom is -0.351 e. The summed E-state index contributed by atoms with van der Waals surface area (Å²) in [4.78, 5) is 13.2. The van der Waals surface area contributed by atoms with E-state index in [0.29, 0.717) is 23.7 Å². The first-order valence-corrected chi connectivity index (χ1v) is 11.6. The highest BCUT2D eigenvalue weighted by Gasteiger charge is 2.23. The zero-order valence-electron chi connectivity index (χ0n) is 16.0. The third kappa shape index (κ3) is 4.20. The van der Waals surface area contributed by atoms with Crippen LogP contribution in [0.15, 0.2) is 59.5 Å². The summed E-state index contributed by atoms with van der Waals surface area (Å²) in [7, 11) is -3.64. The van der Waals surface area contributed by atoms with E-state index < -0.39 is 10.0 Å². The number of anilines is 1. The van der Waals surface area contributed by atoms with Gasteiger partial charge in [0.1, 0.15) is 0 Å². The van der Waals surface area contributed by atoms with Crippen molar-refractivity contribution in [3.05, 3.63) is 59.5 Å². The Morgan fingerprint density at radius 2 is 1.82 bits per heavy atom. The molecule has 0 spiro atoms. The summed E-state index contributed by atoms with van der Waals surface area (Å²) in [5.41, 5.74) is 0.592. The summed E-state index contributed by atoms with van der Waals surface area (Å²) in [5, 5.41) is 3.79. The molecule has 0 fully saturated rings. The minimum atomic E-state index is -3.64. The number of fused-ring (bicyclic) bond motifs is 1. The predicted molar refractivity (Wildman–Crippen MR) is 116 cm³/mol. The molecule has 148 valence electrons. The van der Waals surface area contributed by atoms with Crippen LogP contribution in [0.5, 0.6) is 0 Å². The molecule has 0 saturated heterocycles. The monoisotopic (exact) mass is 416 g/mol. The first kappa shape index (κ1) is 20.4. The smallest absolute Gasteiger partial charge is 0.264 e. The second-order valence-corrected chi connectivity index (χ2v) is 9.37. The van der Waals surface area contributed by atoms with E-state index in [0.717, 1.165) is 22.9 Å². The van der Waals surface area contributed by atoms with E-state index in [2.05, 4.69) is 12.2 Å². The molecule has 1 heterocycles. The predicted octanol–water partition coefficient (Wildman–Crippen LogP) is 4.65. The molecule has 28 heavy (non-hydrogen) atoms. The molecular formula is C21H24N2O3S2. The van der Waals surface area contributed by atoms with E-state index in [4.69, 9.17) is 0 Å². The molecule has 0 unspecified atom stereocenters. The van der Waals surface area contributed by atoms with E-state index >= 15 is 0 Å². The number of carbonyl (C=O) groups is 1. The highest BCUT2D eigenvalue weighted by molar-refractivity contribution is 7.92. The van der Waals surface area contributed by atoms with Gasteiger partial charge in [0, 0.05) is 17.8 Å². The fraction of sp³-hybridized carbons (Fsp3) is 0.286. The lowest BCUT2D eigenvalue weighted by Crippen LogP contribution is -2.30. The summed E-state index contributed by atoms with van der Waals surface area (Å²) >= 11 is 1.42. The summed E-state index contributed by atoms with van der Waals surface area (Å²) in [5.74, 6) is -0.0829. The zero-order valence-corrected chi connectivity index (χ0v) is 17.6. The van der Waals surface area contributed by atoms with E-state index in [1.165, 1.54) is 15.6 Å². The summed E-state index contributed by atoms with van der Waals surface area (Å²) in [6.07, 6.45) is 1.97. The molecule has 2 aromatic carbocycles. The first-order valence-electron chi connectivity index (χ1n) is 9.37. The molecule has 3 aromatic rings. The van der Waals surface area contributed by atoms with Crippen molar-refractivity contribution in [3.8, 4) is 0 Å². The summed E-state index contributed by atoms with van der Waals surface area (Å²) in [6, 6.07) is 15.7. The van der Waals surface area contributed by atoms with Crippen molar-refractivity contribution in [2.45, 2.75) is 31.6 Å². The Bertz CT molecular complexity index is 1060. The van der Waals surface area contributed by atoms with E-state index in [1.54, 1.807) is 36.4 Å². The molecule has 0 aliphatic carbocycles. The average molecular weight is 417 g/mol. The van der Waals surface area contributed by atoms with Crippen LogP contribution in [0.3, 0.4) is 0 Å². The van der Waals surface area contributed by atoms with Crippen LogP contribution in [0, 0.1) is 0 Å². The fourth-order valence-electron chi connectivity index (χ4n) is 2.97. The van der Waals surface area contributed by atoms with Gasteiger partial charge >= 0.3 is 0 Å². The second-order valence-electron chi connectivity index (χ2n) is 6.43. The van der Waals surface area contributed by atoms with Crippen molar-refractivity contribution in [1.29, 1.82) is 0 Å². The molecule has 3 rings (SSSR count). The molecular weight excluding hydrogens is 392 g/mol. The van der Waals surface area contributed by atoms with Gasteiger partial charge < -0.3 is 5.32 Å². The highest BCUT2D eigenvalue weighted by atomic mass is 32.2. The third-order valence-corrected chi connectivity index (χ3v) is 7.48. The Balaban J connectivity index is 1.91. The van der Waals surface area contributed by atoms with Gasteiger partial charge in [0.05, 0.1) is 15.5 Å². The lowest BCUT2D eigenvalue weighted by molar-refractivity contribution is 0.0957. The zero-order chi connectivity index (χ0) is 20.1. The summed E-state index contributed by atoms with van der Waals surface area (Å²) < 4.78 is 28.4. The maximum absolute atomic E-state index is 13.0. The van der Waals surface area contributed by atoms with Gasteiger partial charge in [0.15, 0.2) is 0 Å². The maximum atomic E-state index is 13.0. The van der Waals surface area contributed by atoms with Crippen molar-refractivity contribution < 1.29 is 13.2 Å². The fourth-order valence-corrected chi connectivity index (χ4v) is 5.42. The number of unbranched alkanes of at least 4 members (excludes halogenated alkanes) is 1. The van der Waals surface area contributed by atoms with Gasteiger partial charge in [-0.3, -0.25) is 9.10 Å². The molecule has 1 amide bonds. The van der Waals surface area contributed by atoms with Crippen LogP contribution in [0.4, 0.5) is 5.69 Å². The number of thiophene rings is 1. The molecule has 5 nitrogen and oxygen atoms in total. The SMILES string of the molecule is CCCCNC(=O)c1cc2cc(N(CC)S(=O)(=O)c3ccccc3)ccc2s1. The Hall–Kier alpha value is -2.38. The molecule has 1 aromatic heterocycles. The number of nitrogens with zero attached hydrogens (tertiary/aromatic N) is 1. The van der Waals surface area contributed by atoms with E-state index in [1.807, 2.05) is 25.1 Å². The number of hydrogen-bond donors (Lipinski definition) is 1. The maximum Gasteiger partial charge on any atom is 0.264 e. The van der Waals surface area contributed by atoms with Crippen LogP contribution in [0.1, 0.15) is 36.4 Å². The van der Waals surface area contributed by atoms with Crippen LogP contribution < -0.4 is 9.62 Å². The van der Waals surface area contributed by atoms with Gasteiger partial charge in [-0.1, -0.05) is 31.5 Å². The summed E-state index contributed by atoms with van der Waals surface area (Å²) in [6.45, 7) is 4.87. The Morgan fingerprint density at radius 1 is 1.07 bits per heavy atom. The Morgan fingerprint density at radius 3 is 2.50 bits per heavy atom. The largest absolute Gasteiger partial charge is 0.351 e. The number of amides is 1. The van der Waals surface area contributed by atoms with E-state index in [9.17, 15) is 13.2 Å². The van der Waals surface area contributed by atoms with Crippen LogP contribution in [-0.2, 0) is 10.0 Å². The van der Waals surface area contributed by atoms with Crippen LogP contribution in [-0.4, -0.2) is 27.4 Å². The lowest BCUT2D eigenvalue weighted by atomic mass is 10.2. The van der Waals surface area contributed by atoms with Gasteiger partial charge in [-0.25, -0.2) is 8.42 Å². The molecule has 0 radical (unpaired) electrons. The van der Waals surface area contributed by atoms with Gasteiger partial charge in [-0.2, -0.15) is 0 Å². The highest BCUT2D eigenvalue weighted by Crippen LogP contribution is 2.31. The Kier molecular flexibility index (Phi) is 6.36. The normalized spacial score (nSPS) is 11.5. The molecule has 0 aliphatic heterocycles. The first-order chi connectivity index (χ1) is 13.5. The van der Waals surface area contributed by atoms with Crippen LogP contribution in [0.2, 0.25) is 0 Å².